The summed E-state index contributed by atoms with van der Waals surface area (Å²) in [7, 11) is -1.93. The summed E-state index contributed by atoms with van der Waals surface area (Å²) in [6, 6.07) is 20.6. The van der Waals surface area contributed by atoms with Gasteiger partial charge in [-0.05, 0) is 53.6 Å². The normalized spacial score (nSPS) is 23.3. The summed E-state index contributed by atoms with van der Waals surface area (Å²) in [5.41, 5.74) is 3.29. The van der Waals surface area contributed by atoms with Crippen molar-refractivity contribution in [2.24, 2.45) is 0 Å². The van der Waals surface area contributed by atoms with Crippen molar-refractivity contribution in [3.63, 3.8) is 0 Å². The molecule has 0 spiro atoms. The number of aliphatic hydroxyl groups is 1. The van der Waals surface area contributed by atoms with E-state index in [1.807, 2.05) is 72.8 Å². The number of methoxy groups -OCH3 is 1. The van der Waals surface area contributed by atoms with Crippen molar-refractivity contribution in [3.05, 3.63) is 113 Å². The Kier molecular flexibility index (Phi) is 13.2. The Morgan fingerprint density at radius 1 is 1.00 bits per heavy atom. The molecule has 0 fully saturated rings. The van der Waals surface area contributed by atoms with Crippen molar-refractivity contribution in [3.8, 4) is 5.75 Å². The molecule has 5 atom stereocenters. The first-order chi connectivity index (χ1) is 25.3. The van der Waals surface area contributed by atoms with E-state index in [0.717, 1.165) is 29.3 Å². The molecular weight excluding hydrogens is 713 g/mol. The predicted octanol–water partition coefficient (Wildman–Crippen LogP) is 5.04. The van der Waals surface area contributed by atoms with E-state index >= 15 is 0 Å². The molecule has 11 nitrogen and oxygen atoms in total. The van der Waals surface area contributed by atoms with Gasteiger partial charge in [0.2, 0.25) is 15.9 Å². The molecule has 0 unspecified atom stereocenters. The SMILES string of the molecule is COc1ccc2c(c1)[C@H]1C[C@@H]2N(C(=O)OCc2ccccc2)C/C=C/C[C@H](N(C)S(=O)(=O)CCC(F)(F)F)C(=O)N[C@@H](Cc2ccccc2)[C@H](O)CN1. The van der Waals surface area contributed by atoms with Crippen LogP contribution in [-0.4, -0.2) is 92.1 Å². The molecule has 2 amide bonds. The number of rotatable bonds is 9. The van der Waals surface area contributed by atoms with E-state index in [4.69, 9.17) is 9.47 Å². The van der Waals surface area contributed by atoms with E-state index in [0.29, 0.717) is 16.5 Å². The van der Waals surface area contributed by atoms with Crippen LogP contribution in [-0.2, 0) is 32.6 Å². The molecular formula is C38H45F3N4O7S. The molecule has 1 heterocycles. The third-order valence-corrected chi connectivity index (χ3v) is 11.5. The number of nitrogens with zero attached hydrogens (tertiary/aromatic N) is 2. The number of nitrogens with one attached hydrogen (secondary N) is 2. The van der Waals surface area contributed by atoms with Gasteiger partial charge in [-0.2, -0.15) is 17.5 Å². The maximum atomic E-state index is 13.9. The van der Waals surface area contributed by atoms with Gasteiger partial charge in [-0.1, -0.05) is 78.9 Å². The highest BCUT2D eigenvalue weighted by Crippen LogP contribution is 2.44. The summed E-state index contributed by atoms with van der Waals surface area (Å²) in [5, 5.41) is 17.8. The lowest BCUT2D eigenvalue weighted by molar-refractivity contribution is -0.130. The van der Waals surface area contributed by atoms with Crippen molar-refractivity contribution < 1.29 is 45.8 Å². The van der Waals surface area contributed by atoms with Crippen molar-refractivity contribution in [1.82, 2.24) is 19.8 Å². The third kappa shape index (κ3) is 10.6. The molecule has 3 aromatic rings. The minimum absolute atomic E-state index is 0.00704. The van der Waals surface area contributed by atoms with E-state index in [1.54, 1.807) is 24.2 Å². The van der Waals surface area contributed by atoms with Crippen molar-refractivity contribution in [2.75, 3.05) is 33.0 Å². The van der Waals surface area contributed by atoms with Gasteiger partial charge < -0.3 is 25.2 Å². The number of aliphatic hydroxyl groups excluding tert-OH is 1. The number of alkyl halides is 3. The van der Waals surface area contributed by atoms with Crippen LogP contribution in [0.15, 0.2) is 91.0 Å². The summed E-state index contributed by atoms with van der Waals surface area (Å²) in [6.07, 6.45) is -4.60. The van der Waals surface area contributed by atoms with Crippen LogP contribution in [0.1, 0.15) is 53.6 Å². The topological polar surface area (TPSA) is 138 Å². The smallest absolute Gasteiger partial charge is 0.410 e. The Labute approximate surface area is 307 Å². The Morgan fingerprint density at radius 3 is 2.34 bits per heavy atom. The van der Waals surface area contributed by atoms with Gasteiger partial charge in [-0.3, -0.25) is 9.69 Å². The molecule has 2 bridgehead atoms. The van der Waals surface area contributed by atoms with Gasteiger partial charge in [0.25, 0.3) is 0 Å². The fourth-order valence-corrected chi connectivity index (χ4v) is 7.98. The van der Waals surface area contributed by atoms with Crippen LogP contribution in [0.25, 0.3) is 0 Å². The molecule has 3 aromatic carbocycles. The van der Waals surface area contributed by atoms with Gasteiger partial charge >= 0.3 is 12.3 Å². The maximum absolute atomic E-state index is 13.9. The largest absolute Gasteiger partial charge is 0.497 e. The van der Waals surface area contributed by atoms with Gasteiger partial charge in [-0.15, -0.1) is 0 Å². The second-order valence-corrected chi connectivity index (χ2v) is 15.3. The number of ether oxygens (including phenoxy) is 2. The van der Waals surface area contributed by atoms with Gasteiger partial charge in [0.15, 0.2) is 0 Å². The zero-order valence-electron chi connectivity index (χ0n) is 29.5. The van der Waals surface area contributed by atoms with Crippen molar-refractivity contribution >= 4 is 22.0 Å². The lowest BCUT2D eigenvalue weighted by atomic mass is 9.99. The van der Waals surface area contributed by atoms with E-state index in [-0.39, 0.29) is 38.6 Å². The Hall–Kier alpha value is -4.44. The Morgan fingerprint density at radius 2 is 1.68 bits per heavy atom. The van der Waals surface area contributed by atoms with Crippen molar-refractivity contribution in [2.45, 2.75) is 68.7 Å². The number of amides is 2. The fraction of sp³-hybridized carbons (Fsp3) is 0.421. The molecule has 15 heteroatoms. The van der Waals surface area contributed by atoms with Crippen LogP contribution in [0.4, 0.5) is 18.0 Å². The highest BCUT2D eigenvalue weighted by atomic mass is 32.2. The predicted molar refractivity (Wildman–Crippen MR) is 192 cm³/mol. The molecule has 3 N–H and O–H groups in total. The van der Waals surface area contributed by atoms with Gasteiger partial charge in [0.05, 0.1) is 37.5 Å². The molecule has 5 rings (SSSR count). The van der Waals surface area contributed by atoms with E-state index < -0.39 is 64.6 Å². The molecule has 53 heavy (non-hydrogen) atoms. The van der Waals surface area contributed by atoms with Gasteiger partial charge in [0, 0.05) is 26.2 Å². The molecule has 1 aliphatic heterocycles. The molecule has 0 radical (unpaired) electrons. The lowest BCUT2D eigenvalue weighted by Crippen LogP contribution is -2.55. The number of sulfonamides is 1. The molecule has 0 aromatic heterocycles. The maximum Gasteiger partial charge on any atom is 0.410 e. The van der Waals surface area contributed by atoms with Gasteiger partial charge in [0.1, 0.15) is 18.4 Å². The highest BCUT2D eigenvalue weighted by molar-refractivity contribution is 7.89. The second-order valence-electron chi connectivity index (χ2n) is 13.2. The third-order valence-electron chi connectivity index (χ3n) is 9.62. The number of carbonyl (C=O) groups is 2. The van der Waals surface area contributed by atoms with Crippen LogP contribution in [0.2, 0.25) is 0 Å². The van der Waals surface area contributed by atoms with Crippen LogP contribution in [0, 0.1) is 0 Å². The second kappa shape index (κ2) is 17.6. The Balaban J connectivity index is 1.50. The van der Waals surface area contributed by atoms with Crippen molar-refractivity contribution in [1.29, 1.82) is 0 Å². The number of hydrogen-bond donors (Lipinski definition) is 3. The van der Waals surface area contributed by atoms with Crippen LogP contribution in [0.5, 0.6) is 5.75 Å². The number of β-amino-alcohol motifs (C(OH)–C–C–N with tert-alkyl or cyclic N) is 1. The quantitative estimate of drug-likeness (QED) is 0.259. The summed E-state index contributed by atoms with van der Waals surface area (Å²) >= 11 is 0. The molecule has 286 valence electrons. The van der Waals surface area contributed by atoms with E-state index in [9.17, 15) is 36.3 Å². The Bertz CT molecular complexity index is 1830. The summed E-state index contributed by atoms with van der Waals surface area (Å²) < 4.78 is 77.4. The monoisotopic (exact) mass is 758 g/mol. The molecule has 0 saturated carbocycles. The number of benzene rings is 3. The summed E-state index contributed by atoms with van der Waals surface area (Å²) in [4.78, 5) is 29.3. The average molecular weight is 759 g/mol. The zero-order chi connectivity index (χ0) is 38.2. The molecule has 2 aliphatic rings. The standard InChI is InChI=1S/C38H45F3N4O7S/c1-44(53(49,50)20-18-38(39,40)41)33-15-9-10-19-45(37(48)52-25-27-13-7-4-8-14-27)34-23-31(30-22-28(51-2)16-17-29(30)34)42-24-35(46)32(43-36(33)47)21-26-11-5-3-6-12-26/h3-14,16-17,22,31-35,42,46H,15,18-21,23-25H2,1-2H3,(H,43,47)/b10-9+/t31-,32+,33+,34+,35-/m1/s1. The first kappa shape index (κ1) is 39.8. The van der Waals surface area contributed by atoms with Gasteiger partial charge in [-0.25, -0.2) is 13.2 Å². The number of fused-ring (bicyclic) bond motifs is 5. The number of carbonyl (C=O) groups excluding carboxylic acids is 2. The number of halogens is 3. The molecule has 1 aliphatic carbocycles. The zero-order valence-corrected chi connectivity index (χ0v) is 30.4. The molecule has 0 saturated heterocycles. The first-order valence-corrected chi connectivity index (χ1v) is 18.9. The van der Waals surface area contributed by atoms with E-state index in [2.05, 4.69) is 10.6 Å². The minimum Gasteiger partial charge on any atom is -0.497 e. The highest BCUT2D eigenvalue weighted by Gasteiger charge is 2.40. The number of hydrogen-bond acceptors (Lipinski definition) is 8. The van der Waals surface area contributed by atoms with Crippen LogP contribution >= 0.6 is 0 Å². The number of likely N-dealkylation sites (N-methyl/N-ethyl adjacent to an activating group) is 1. The fourth-order valence-electron chi connectivity index (χ4n) is 6.63. The summed E-state index contributed by atoms with van der Waals surface area (Å²) in [6.45, 7) is 0.0170. The van der Waals surface area contributed by atoms with Crippen LogP contribution < -0.4 is 15.4 Å². The summed E-state index contributed by atoms with van der Waals surface area (Å²) in [5.74, 6) is -1.42. The van der Waals surface area contributed by atoms with Crippen LogP contribution in [0.3, 0.4) is 0 Å². The van der Waals surface area contributed by atoms with E-state index in [1.165, 1.54) is 6.08 Å². The average Bonchev–Trinajstić information content (AvgIpc) is 3.50. The minimum atomic E-state index is -4.72. The lowest BCUT2D eigenvalue weighted by Gasteiger charge is -2.31. The first-order valence-electron chi connectivity index (χ1n) is 17.3.